The number of nitrogens with zero attached hydrogens (tertiary/aromatic N) is 1. The minimum Gasteiger partial charge on any atom is -0.469 e. The Morgan fingerprint density at radius 1 is 0.909 bits per heavy atom. The number of rotatable bonds is 6. The van der Waals surface area contributed by atoms with Crippen LogP contribution in [-0.2, 0) is 22.1 Å². The van der Waals surface area contributed by atoms with Crippen molar-refractivity contribution >= 4 is 16.7 Å². The van der Waals surface area contributed by atoms with E-state index in [9.17, 15) is 18.0 Å². The number of pyridine rings is 1. The van der Waals surface area contributed by atoms with Crippen LogP contribution in [-0.4, -0.2) is 18.1 Å². The topological polar surface area (TPSA) is 57.7 Å². The summed E-state index contributed by atoms with van der Waals surface area (Å²) >= 11 is 0. The molecule has 0 atom stereocenters. The van der Waals surface area contributed by atoms with Crippen LogP contribution in [0.15, 0.2) is 79.1 Å². The normalized spacial score (nSPS) is 11.3. The first-order valence-corrected chi connectivity index (χ1v) is 9.89. The van der Waals surface area contributed by atoms with E-state index in [1.807, 2.05) is 6.07 Å². The Labute approximate surface area is 187 Å². The van der Waals surface area contributed by atoms with E-state index in [0.29, 0.717) is 16.7 Å². The molecule has 8 heteroatoms. The van der Waals surface area contributed by atoms with Gasteiger partial charge in [0.05, 0.1) is 13.5 Å². The molecular formula is C25H18F3NO4. The zero-order valence-electron chi connectivity index (χ0n) is 17.4. The fourth-order valence-electron chi connectivity index (χ4n) is 3.27. The maximum Gasteiger partial charge on any atom is 0.420 e. The van der Waals surface area contributed by atoms with Crippen LogP contribution in [0, 0.1) is 0 Å². The number of carbonyl (C=O) groups excluding carboxylic acids is 1. The van der Waals surface area contributed by atoms with E-state index in [1.165, 1.54) is 31.4 Å². The van der Waals surface area contributed by atoms with Crippen LogP contribution in [0.5, 0.6) is 23.0 Å². The van der Waals surface area contributed by atoms with E-state index < -0.39 is 17.7 Å². The highest BCUT2D eigenvalue weighted by molar-refractivity contribution is 5.87. The van der Waals surface area contributed by atoms with Crippen LogP contribution < -0.4 is 9.47 Å². The molecule has 1 aromatic heterocycles. The lowest BCUT2D eigenvalue weighted by atomic mass is 10.1. The first-order chi connectivity index (χ1) is 15.8. The molecule has 0 spiro atoms. The van der Waals surface area contributed by atoms with Gasteiger partial charge in [0.2, 0.25) is 0 Å². The minimum absolute atomic E-state index is 0.00506. The quantitative estimate of drug-likeness (QED) is 0.310. The summed E-state index contributed by atoms with van der Waals surface area (Å²) in [5.74, 6) is -0.294. The van der Waals surface area contributed by atoms with Gasteiger partial charge < -0.3 is 14.2 Å². The molecule has 1 heterocycles. The van der Waals surface area contributed by atoms with Crippen molar-refractivity contribution in [3.63, 3.8) is 0 Å². The molecule has 0 N–H and O–H groups in total. The van der Waals surface area contributed by atoms with E-state index >= 15 is 0 Å². The SMILES string of the molecule is COC(=O)Cc1cccc(Oc2ccc(Oc3cccc4ccncc34)cc2C(F)(F)F)c1. The summed E-state index contributed by atoms with van der Waals surface area (Å²) in [6.07, 6.45) is -1.49. The molecule has 0 amide bonds. The molecule has 3 aromatic carbocycles. The molecule has 5 nitrogen and oxygen atoms in total. The third-order valence-electron chi connectivity index (χ3n) is 4.83. The molecule has 168 valence electrons. The Hall–Kier alpha value is -4.07. The van der Waals surface area contributed by atoms with Gasteiger partial charge >= 0.3 is 12.1 Å². The van der Waals surface area contributed by atoms with Crippen LogP contribution in [0.2, 0.25) is 0 Å². The molecular weight excluding hydrogens is 435 g/mol. The summed E-state index contributed by atoms with van der Waals surface area (Å²) in [4.78, 5) is 15.5. The molecule has 0 saturated heterocycles. The van der Waals surface area contributed by atoms with Gasteiger partial charge in [-0.3, -0.25) is 9.78 Å². The number of carbonyl (C=O) groups is 1. The molecule has 0 aliphatic carbocycles. The Bertz CT molecular complexity index is 1300. The number of hydrogen-bond donors (Lipinski definition) is 0. The fraction of sp³-hybridized carbons (Fsp3) is 0.120. The average Bonchev–Trinajstić information content (AvgIpc) is 2.80. The minimum atomic E-state index is -4.68. The summed E-state index contributed by atoms with van der Waals surface area (Å²) in [7, 11) is 1.26. The van der Waals surface area contributed by atoms with Crippen LogP contribution >= 0.6 is 0 Å². The Morgan fingerprint density at radius 3 is 2.45 bits per heavy atom. The third kappa shape index (κ3) is 5.23. The smallest absolute Gasteiger partial charge is 0.420 e. The Morgan fingerprint density at radius 2 is 1.67 bits per heavy atom. The average molecular weight is 453 g/mol. The first kappa shape index (κ1) is 22.1. The van der Waals surface area contributed by atoms with E-state index in [0.717, 1.165) is 11.5 Å². The van der Waals surface area contributed by atoms with Gasteiger partial charge in [-0.05, 0) is 53.4 Å². The van der Waals surface area contributed by atoms with E-state index in [2.05, 4.69) is 9.72 Å². The summed E-state index contributed by atoms with van der Waals surface area (Å²) in [5, 5.41) is 1.53. The number of ether oxygens (including phenoxy) is 3. The van der Waals surface area contributed by atoms with Crippen molar-refractivity contribution in [1.82, 2.24) is 4.98 Å². The molecule has 4 rings (SSSR count). The van der Waals surface area contributed by atoms with E-state index in [1.54, 1.807) is 42.7 Å². The number of alkyl halides is 3. The number of fused-ring (bicyclic) bond motifs is 1. The lowest BCUT2D eigenvalue weighted by molar-refractivity contribution is -0.140. The number of esters is 1. The van der Waals surface area contributed by atoms with Gasteiger partial charge in [0.15, 0.2) is 0 Å². The van der Waals surface area contributed by atoms with Gasteiger partial charge in [-0.2, -0.15) is 13.2 Å². The molecule has 0 bridgehead atoms. The van der Waals surface area contributed by atoms with Crippen molar-refractivity contribution in [1.29, 1.82) is 0 Å². The van der Waals surface area contributed by atoms with Gasteiger partial charge in [-0.1, -0.05) is 24.3 Å². The van der Waals surface area contributed by atoms with Gasteiger partial charge in [0.25, 0.3) is 0 Å². The summed E-state index contributed by atoms with van der Waals surface area (Å²) in [5.41, 5.74) is -0.436. The zero-order chi connectivity index (χ0) is 23.4. The summed E-state index contributed by atoms with van der Waals surface area (Å²) < 4.78 is 57.3. The second kappa shape index (κ2) is 9.20. The molecule has 0 aliphatic rings. The molecule has 0 radical (unpaired) electrons. The van der Waals surface area contributed by atoms with Gasteiger partial charge in [-0.25, -0.2) is 0 Å². The number of methoxy groups -OCH3 is 1. The predicted molar refractivity (Wildman–Crippen MR) is 115 cm³/mol. The molecule has 33 heavy (non-hydrogen) atoms. The standard InChI is InChI=1S/C25H18F3NO4/c1-31-24(30)13-16-4-2-6-18(12-16)33-23-9-8-19(14-21(23)25(26,27)28)32-22-7-3-5-17-10-11-29-15-20(17)22/h2-12,14-15H,13H2,1H3. The number of halogens is 3. The number of aromatic nitrogens is 1. The van der Waals surface area contributed by atoms with Crippen LogP contribution in [0.4, 0.5) is 13.2 Å². The molecule has 0 unspecified atom stereocenters. The van der Waals surface area contributed by atoms with Crippen molar-refractivity contribution < 1.29 is 32.2 Å². The third-order valence-corrected chi connectivity index (χ3v) is 4.83. The van der Waals surface area contributed by atoms with E-state index in [4.69, 9.17) is 9.47 Å². The van der Waals surface area contributed by atoms with Crippen LogP contribution in [0.25, 0.3) is 10.8 Å². The molecule has 0 fully saturated rings. The van der Waals surface area contributed by atoms with Crippen molar-refractivity contribution in [2.75, 3.05) is 7.11 Å². The monoisotopic (exact) mass is 453 g/mol. The maximum absolute atomic E-state index is 13.8. The van der Waals surface area contributed by atoms with Gasteiger partial charge in [-0.15, -0.1) is 0 Å². The highest BCUT2D eigenvalue weighted by atomic mass is 19.4. The van der Waals surface area contributed by atoms with Crippen molar-refractivity contribution in [3.05, 3.63) is 90.3 Å². The molecule has 4 aromatic rings. The van der Waals surface area contributed by atoms with Crippen LogP contribution in [0.1, 0.15) is 11.1 Å². The van der Waals surface area contributed by atoms with Gasteiger partial charge in [0, 0.05) is 17.8 Å². The van der Waals surface area contributed by atoms with Crippen LogP contribution in [0.3, 0.4) is 0 Å². The van der Waals surface area contributed by atoms with E-state index in [-0.39, 0.29) is 23.7 Å². The highest BCUT2D eigenvalue weighted by Gasteiger charge is 2.35. The predicted octanol–water partition coefficient (Wildman–Crippen LogP) is 6.55. The second-order valence-corrected chi connectivity index (χ2v) is 7.11. The maximum atomic E-state index is 13.8. The van der Waals surface area contributed by atoms with Crippen molar-refractivity contribution in [3.8, 4) is 23.0 Å². The largest absolute Gasteiger partial charge is 0.469 e. The lowest BCUT2D eigenvalue weighted by Crippen LogP contribution is -2.08. The fourth-order valence-corrected chi connectivity index (χ4v) is 3.27. The molecule has 0 aliphatic heterocycles. The first-order valence-electron chi connectivity index (χ1n) is 9.89. The lowest BCUT2D eigenvalue weighted by Gasteiger charge is -2.16. The Balaban J connectivity index is 1.64. The van der Waals surface area contributed by atoms with Gasteiger partial charge in [0.1, 0.15) is 28.6 Å². The summed E-state index contributed by atoms with van der Waals surface area (Å²) in [6.45, 7) is 0. The number of hydrogen-bond acceptors (Lipinski definition) is 5. The second-order valence-electron chi connectivity index (χ2n) is 7.11. The van der Waals surface area contributed by atoms with Crippen molar-refractivity contribution in [2.45, 2.75) is 12.6 Å². The number of benzene rings is 3. The zero-order valence-corrected chi connectivity index (χ0v) is 17.4. The molecule has 0 saturated carbocycles. The Kier molecular flexibility index (Phi) is 6.17. The highest BCUT2D eigenvalue weighted by Crippen LogP contribution is 2.41. The van der Waals surface area contributed by atoms with Crippen molar-refractivity contribution in [2.24, 2.45) is 0 Å². The summed E-state index contributed by atoms with van der Waals surface area (Å²) in [6, 6.07) is 16.8.